The molecule has 1 aliphatic carbocycles. The zero-order chi connectivity index (χ0) is 28.6. The van der Waals surface area contributed by atoms with Gasteiger partial charge in [0.1, 0.15) is 5.69 Å². The molecule has 4 aromatic rings. The third-order valence-electron chi connectivity index (χ3n) is 7.69. The van der Waals surface area contributed by atoms with Crippen molar-refractivity contribution in [3.8, 4) is 21.9 Å². The van der Waals surface area contributed by atoms with Gasteiger partial charge in [0.25, 0.3) is 0 Å². The Labute approximate surface area is 248 Å². The molecule has 41 heavy (non-hydrogen) atoms. The van der Waals surface area contributed by atoms with E-state index in [-0.39, 0.29) is 22.5 Å². The highest BCUT2D eigenvalue weighted by atomic mass is 35.5. The number of aromatic nitrogens is 2. The zero-order valence-electron chi connectivity index (χ0n) is 22.7. The molecule has 2 aromatic heterocycles. The summed E-state index contributed by atoms with van der Waals surface area (Å²) >= 11 is 7.79. The molecule has 0 atom stereocenters. The van der Waals surface area contributed by atoms with Crippen molar-refractivity contribution in [3.63, 3.8) is 0 Å². The topological polar surface area (TPSA) is 84.7 Å². The first-order chi connectivity index (χ1) is 19.7. The molecule has 3 heterocycles. The van der Waals surface area contributed by atoms with Crippen molar-refractivity contribution in [3.05, 3.63) is 93.2 Å². The SMILES string of the molecule is CC1(COc2c(N3CCN(S(=O)(=O)Cc4cccc(-c5cccs5)c4)CC3)cnn(-c3cccc(Cl)c3)c2=O)CC1. The molecule has 0 spiro atoms. The van der Waals surface area contributed by atoms with Gasteiger partial charge in [-0.15, -0.1) is 11.3 Å². The lowest BCUT2D eigenvalue weighted by atomic mass is 10.1. The highest BCUT2D eigenvalue weighted by molar-refractivity contribution is 7.88. The molecule has 2 fully saturated rings. The maximum absolute atomic E-state index is 13.6. The van der Waals surface area contributed by atoms with Gasteiger partial charge >= 0.3 is 5.56 Å². The van der Waals surface area contributed by atoms with Gasteiger partial charge in [0.05, 0.1) is 24.2 Å². The van der Waals surface area contributed by atoms with Crippen molar-refractivity contribution >= 4 is 38.6 Å². The normalized spacial score (nSPS) is 17.0. The van der Waals surface area contributed by atoms with Crippen LogP contribution in [0.25, 0.3) is 16.1 Å². The van der Waals surface area contributed by atoms with Gasteiger partial charge < -0.3 is 9.64 Å². The summed E-state index contributed by atoms with van der Waals surface area (Å²) in [5.74, 6) is 0.172. The quantitative estimate of drug-likeness (QED) is 0.251. The van der Waals surface area contributed by atoms with Gasteiger partial charge in [-0.1, -0.05) is 48.9 Å². The van der Waals surface area contributed by atoms with Gasteiger partial charge in [0.15, 0.2) is 0 Å². The minimum absolute atomic E-state index is 0.0591. The second-order valence-electron chi connectivity index (χ2n) is 11.0. The van der Waals surface area contributed by atoms with Crippen LogP contribution < -0.4 is 15.2 Å². The molecule has 0 radical (unpaired) electrons. The van der Waals surface area contributed by atoms with Crippen molar-refractivity contribution in [2.24, 2.45) is 5.41 Å². The fraction of sp³-hybridized carbons (Fsp3) is 0.333. The second-order valence-corrected chi connectivity index (χ2v) is 14.3. The van der Waals surface area contributed by atoms with Crippen LogP contribution in [0.4, 0.5) is 5.69 Å². The fourth-order valence-corrected chi connectivity index (χ4v) is 7.36. The summed E-state index contributed by atoms with van der Waals surface area (Å²) < 4.78 is 35.8. The standard InChI is InChI=1S/C30H31ClN4O4S2/c1-30(10-11-30)21-39-28-26(19-32-35(29(28)36)25-8-3-7-24(31)18-25)33-12-14-34(15-13-33)41(37,38)20-22-5-2-6-23(17-22)27-9-4-16-40-27/h2-9,16-19H,10-15,20-21H2,1H3. The summed E-state index contributed by atoms with van der Waals surface area (Å²) in [7, 11) is -3.53. The number of ether oxygens (including phenoxy) is 1. The number of thiophene rings is 1. The minimum atomic E-state index is -3.53. The molecular weight excluding hydrogens is 580 g/mol. The minimum Gasteiger partial charge on any atom is -0.486 e. The summed E-state index contributed by atoms with van der Waals surface area (Å²) in [6.07, 6.45) is 3.75. The Balaban J connectivity index is 1.20. The number of hydrogen-bond acceptors (Lipinski definition) is 7. The van der Waals surface area contributed by atoms with Gasteiger partial charge in [-0.3, -0.25) is 4.79 Å². The predicted octanol–water partition coefficient (Wildman–Crippen LogP) is 5.45. The van der Waals surface area contributed by atoms with E-state index in [1.807, 2.05) is 46.7 Å². The summed E-state index contributed by atoms with van der Waals surface area (Å²) in [5.41, 5.74) is 2.62. The number of sulfonamides is 1. The zero-order valence-corrected chi connectivity index (χ0v) is 25.1. The third-order valence-corrected chi connectivity index (χ3v) is 10.7. The molecule has 2 aromatic carbocycles. The Morgan fingerprint density at radius 2 is 1.80 bits per heavy atom. The Kier molecular flexibility index (Phi) is 7.67. The number of anilines is 1. The third kappa shape index (κ3) is 6.21. The van der Waals surface area contributed by atoms with E-state index in [9.17, 15) is 13.2 Å². The Bertz CT molecular complexity index is 1710. The molecule has 8 nitrogen and oxygen atoms in total. The monoisotopic (exact) mass is 610 g/mol. The van der Waals surface area contributed by atoms with Gasteiger partial charge in [-0.2, -0.15) is 14.1 Å². The lowest BCUT2D eigenvalue weighted by Crippen LogP contribution is -2.49. The Morgan fingerprint density at radius 1 is 1.02 bits per heavy atom. The van der Waals surface area contributed by atoms with Crippen molar-refractivity contribution in [1.82, 2.24) is 14.1 Å². The molecule has 0 unspecified atom stereocenters. The van der Waals surface area contributed by atoms with E-state index in [1.54, 1.807) is 41.8 Å². The summed E-state index contributed by atoms with van der Waals surface area (Å²) in [6.45, 7) is 4.04. The van der Waals surface area contributed by atoms with Gasteiger partial charge in [0.2, 0.25) is 15.8 Å². The molecule has 11 heteroatoms. The number of halogens is 1. The van der Waals surface area contributed by atoms with Crippen LogP contribution in [0, 0.1) is 5.41 Å². The maximum Gasteiger partial charge on any atom is 0.316 e. The van der Waals surface area contributed by atoms with E-state index in [0.29, 0.717) is 49.2 Å². The largest absolute Gasteiger partial charge is 0.486 e. The van der Waals surface area contributed by atoms with Crippen LogP contribution in [0.2, 0.25) is 5.02 Å². The van der Waals surface area contributed by atoms with Crippen molar-refractivity contribution in [2.45, 2.75) is 25.5 Å². The summed E-state index contributed by atoms with van der Waals surface area (Å²) in [4.78, 5) is 16.7. The summed E-state index contributed by atoms with van der Waals surface area (Å²) in [5, 5.41) is 6.94. The molecule has 0 amide bonds. The molecular formula is C30H31ClN4O4S2. The first kappa shape index (κ1) is 28.0. The number of piperazine rings is 1. The Morgan fingerprint density at radius 3 is 2.51 bits per heavy atom. The van der Waals surface area contributed by atoms with Crippen molar-refractivity contribution in [1.29, 1.82) is 0 Å². The average Bonchev–Trinajstić information content (AvgIpc) is 3.44. The van der Waals surface area contributed by atoms with Crippen LogP contribution in [0.1, 0.15) is 25.3 Å². The smallest absolute Gasteiger partial charge is 0.316 e. The molecule has 0 N–H and O–H groups in total. The number of rotatable bonds is 9. The van der Waals surface area contributed by atoms with Crippen LogP contribution in [-0.4, -0.2) is 55.3 Å². The van der Waals surface area contributed by atoms with Gasteiger partial charge in [0, 0.05) is 41.5 Å². The van der Waals surface area contributed by atoms with Crippen LogP contribution in [0.3, 0.4) is 0 Å². The van der Waals surface area contributed by atoms with E-state index in [0.717, 1.165) is 28.8 Å². The van der Waals surface area contributed by atoms with Crippen molar-refractivity contribution < 1.29 is 13.2 Å². The summed E-state index contributed by atoms with van der Waals surface area (Å²) in [6, 6.07) is 18.7. The highest BCUT2D eigenvalue weighted by Crippen LogP contribution is 2.45. The van der Waals surface area contributed by atoms with E-state index >= 15 is 0 Å². The number of nitrogens with zero attached hydrogens (tertiary/aromatic N) is 4. The van der Waals surface area contributed by atoms with Crippen molar-refractivity contribution in [2.75, 3.05) is 37.7 Å². The van der Waals surface area contributed by atoms with Crippen LogP contribution in [0.5, 0.6) is 5.75 Å². The Hall–Kier alpha value is -3.18. The van der Waals surface area contributed by atoms with Gasteiger partial charge in [-0.25, -0.2) is 8.42 Å². The van der Waals surface area contributed by atoms with Crippen LogP contribution >= 0.6 is 22.9 Å². The first-order valence-corrected chi connectivity index (χ1v) is 16.4. The molecule has 2 aliphatic rings. The van der Waals surface area contributed by atoms with E-state index in [2.05, 4.69) is 12.0 Å². The number of hydrogen-bond donors (Lipinski definition) is 0. The van der Waals surface area contributed by atoms with Crippen LogP contribution in [0.15, 0.2) is 77.0 Å². The lowest BCUT2D eigenvalue weighted by Gasteiger charge is -2.35. The molecule has 1 saturated heterocycles. The molecule has 1 aliphatic heterocycles. The predicted molar refractivity (Wildman–Crippen MR) is 164 cm³/mol. The maximum atomic E-state index is 13.6. The lowest BCUT2D eigenvalue weighted by molar-refractivity contribution is 0.242. The van der Waals surface area contributed by atoms with E-state index < -0.39 is 10.0 Å². The second kappa shape index (κ2) is 11.2. The van der Waals surface area contributed by atoms with Gasteiger partial charge in [-0.05, 0) is 59.7 Å². The number of benzene rings is 2. The molecule has 6 rings (SSSR count). The first-order valence-electron chi connectivity index (χ1n) is 13.6. The fourth-order valence-electron chi connectivity index (χ4n) is 4.95. The van der Waals surface area contributed by atoms with Crippen LogP contribution in [-0.2, 0) is 15.8 Å². The molecule has 0 bridgehead atoms. The average molecular weight is 611 g/mol. The highest BCUT2D eigenvalue weighted by Gasteiger charge is 2.39. The molecule has 1 saturated carbocycles. The van der Waals surface area contributed by atoms with E-state index in [1.165, 1.54) is 8.99 Å². The van der Waals surface area contributed by atoms with E-state index in [4.69, 9.17) is 16.3 Å². The molecule has 214 valence electrons.